The minimum Gasteiger partial charge on any atom is -0.289 e. The average Bonchev–Trinajstić information content (AvgIpc) is 2.69. The van der Waals surface area contributed by atoms with Gasteiger partial charge in [0.05, 0.1) is 5.69 Å². The molecule has 0 saturated carbocycles. The smallest absolute Gasteiger partial charge is 0.258 e. The van der Waals surface area contributed by atoms with Crippen molar-refractivity contribution in [3.63, 3.8) is 0 Å². The summed E-state index contributed by atoms with van der Waals surface area (Å²) in [5, 5.41) is 0. The van der Waals surface area contributed by atoms with Gasteiger partial charge in [-0.25, -0.2) is 4.98 Å². The number of fused-ring (bicyclic) bond motifs is 1. The molecule has 0 unspecified atom stereocenters. The van der Waals surface area contributed by atoms with E-state index in [1.165, 1.54) is 11.1 Å². The van der Waals surface area contributed by atoms with E-state index in [9.17, 15) is 4.79 Å². The molecule has 4 heteroatoms. The van der Waals surface area contributed by atoms with Gasteiger partial charge in [0.2, 0.25) is 0 Å². The van der Waals surface area contributed by atoms with Crippen LogP contribution < -0.4 is 5.56 Å². The van der Waals surface area contributed by atoms with Crippen molar-refractivity contribution in [3.8, 4) is 0 Å². The van der Waals surface area contributed by atoms with Gasteiger partial charge in [-0.1, -0.05) is 66.7 Å². The predicted octanol–water partition coefficient (Wildman–Crippen LogP) is 3.90. The summed E-state index contributed by atoms with van der Waals surface area (Å²) in [7, 11) is 0. The number of pyridine rings is 1. The van der Waals surface area contributed by atoms with E-state index in [0.717, 1.165) is 18.8 Å². The van der Waals surface area contributed by atoms with Crippen molar-refractivity contribution in [3.05, 3.63) is 118 Å². The molecule has 0 spiro atoms. The molecule has 0 radical (unpaired) electrons. The molecule has 4 aromatic rings. The van der Waals surface area contributed by atoms with E-state index in [0.29, 0.717) is 12.2 Å². The molecule has 4 rings (SSSR count). The lowest BCUT2D eigenvalue weighted by Crippen LogP contribution is -2.25. The molecular formula is C23H21N3O. The SMILES string of the molecule is O=c1cc(CN(Cc2ccccc2)Cc2ccccc2)nc2ccccn12. The van der Waals surface area contributed by atoms with Gasteiger partial charge in [0.15, 0.2) is 0 Å². The molecule has 2 aromatic carbocycles. The minimum atomic E-state index is -0.0463. The third-order valence-corrected chi connectivity index (χ3v) is 4.51. The first-order valence-corrected chi connectivity index (χ1v) is 9.05. The Hall–Kier alpha value is -3.24. The summed E-state index contributed by atoms with van der Waals surface area (Å²) in [5.74, 6) is 0. The van der Waals surface area contributed by atoms with Crippen LogP contribution in [0.4, 0.5) is 0 Å². The maximum Gasteiger partial charge on any atom is 0.258 e. The van der Waals surface area contributed by atoms with E-state index >= 15 is 0 Å². The molecule has 2 heterocycles. The van der Waals surface area contributed by atoms with Gasteiger partial charge >= 0.3 is 0 Å². The van der Waals surface area contributed by atoms with Crippen LogP contribution in [0.5, 0.6) is 0 Å². The molecular weight excluding hydrogens is 334 g/mol. The first kappa shape index (κ1) is 17.2. The Morgan fingerprint density at radius 2 is 1.33 bits per heavy atom. The quantitative estimate of drug-likeness (QED) is 0.526. The Morgan fingerprint density at radius 3 is 1.96 bits per heavy atom. The summed E-state index contributed by atoms with van der Waals surface area (Å²) in [6, 6.07) is 28.0. The number of nitrogens with zero attached hydrogens (tertiary/aromatic N) is 3. The Morgan fingerprint density at radius 1 is 0.741 bits per heavy atom. The zero-order chi connectivity index (χ0) is 18.5. The minimum absolute atomic E-state index is 0.0463. The van der Waals surface area contributed by atoms with E-state index in [4.69, 9.17) is 0 Å². The molecule has 0 bridgehead atoms. The van der Waals surface area contributed by atoms with Gasteiger partial charge in [0.25, 0.3) is 5.56 Å². The predicted molar refractivity (Wildman–Crippen MR) is 107 cm³/mol. The number of hydrogen-bond donors (Lipinski definition) is 0. The zero-order valence-electron chi connectivity index (χ0n) is 15.0. The molecule has 4 nitrogen and oxygen atoms in total. The Balaban J connectivity index is 1.63. The number of rotatable bonds is 6. The fraction of sp³-hybridized carbons (Fsp3) is 0.130. The average molecular weight is 355 g/mol. The molecule has 0 aliphatic heterocycles. The largest absolute Gasteiger partial charge is 0.289 e. The number of aromatic nitrogens is 2. The van der Waals surface area contributed by atoms with Crippen molar-refractivity contribution in [2.75, 3.05) is 0 Å². The highest BCUT2D eigenvalue weighted by molar-refractivity contribution is 5.38. The third-order valence-electron chi connectivity index (χ3n) is 4.51. The normalized spacial score (nSPS) is 11.1. The number of benzene rings is 2. The second-order valence-corrected chi connectivity index (χ2v) is 6.63. The topological polar surface area (TPSA) is 37.6 Å². The molecule has 0 aliphatic carbocycles. The third kappa shape index (κ3) is 4.30. The first-order chi connectivity index (χ1) is 13.3. The van der Waals surface area contributed by atoms with E-state index in [1.807, 2.05) is 30.3 Å². The Kier molecular flexibility index (Phi) is 5.08. The van der Waals surface area contributed by atoms with E-state index in [2.05, 4.69) is 58.4 Å². The van der Waals surface area contributed by atoms with Gasteiger partial charge in [-0.2, -0.15) is 0 Å². The van der Waals surface area contributed by atoms with Gasteiger partial charge in [0.1, 0.15) is 5.65 Å². The molecule has 0 fully saturated rings. The second kappa shape index (κ2) is 7.98. The monoisotopic (exact) mass is 355 g/mol. The summed E-state index contributed by atoms with van der Waals surface area (Å²) < 4.78 is 1.57. The van der Waals surface area contributed by atoms with Crippen LogP contribution in [0.3, 0.4) is 0 Å². The van der Waals surface area contributed by atoms with E-state index in [-0.39, 0.29) is 5.56 Å². The van der Waals surface area contributed by atoms with Crippen molar-refractivity contribution >= 4 is 5.65 Å². The van der Waals surface area contributed by atoms with Crippen LogP contribution in [-0.4, -0.2) is 14.3 Å². The second-order valence-electron chi connectivity index (χ2n) is 6.63. The molecule has 2 aromatic heterocycles. The number of hydrogen-bond acceptors (Lipinski definition) is 3. The summed E-state index contributed by atoms with van der Waals surface area (Å²) >= 11 is 0. The summed E-state index contributed by atoms with van der Waals surface area (Å²) in [6.45, 7) is 2.21. The van der Waals surface area contributed by atoms with Crippen LogP contribution in [-0.2, 0) is 19.6 Å². The van der Waals surface area contributed by atoms with Crippen LogP contribution in [0.25, 0.3) is 5.65 Å². The van der Waals surface area contributed by atoms with Crippen LogP contribution in [0.2, 0.25) is 0 Å². The highest BCUT2D eigenvalue weighted by Gasteiger charge is 2.11. The van der Waals surface area contributed by atoms with Gasteiger partial charge in [-0.15, -0.1) is 0 Å². The molecule has 0 amide bonds. The summed E-state index contributed by atoms with van der Waals surface area (Å²) in [6.07, 6.45) is 1.75. The lowest BCUT2D eigenvalue weighted by Gasteiger charge is -2.22. The fourth-order valence-electron chi connectivity index (χ4n) is 3.26. The van der Waals surface area contributed by atoms with E-state index in [1.54, 1.807) is 16.7 Å². The van der Waals surface area contributed by atoms with Gasteiger partial charge in [0, 0.05) is 31.9 Å². The summed E-state index contributed by atoms with van der Waals surface area (Å²) in [5.41, 5.74) is 3.91. The van der Waals surface area contributed by atoms with Crippen molar-refractivity contribution in [2.24, 2.45) is 0 Å². The summed E-state index contributed by atoms with van der Waals surface area (Å²) in [4.78, 5) is 19.4. The Bertz CT molecular complexity index is 1030. The van der Waals surface area contributed by atoms with Crippen molar-refractivity contribution in [1.82, 2.24) is 14.3 Å². The molecule has 0 N–H and O–H groups in total. The molecule has 134 valence electrons. The molecule has 0 atom stereocenters. The maximum atomic E-state index is 12.4. The standard InChI is InChI=1S/C23H21N3O/c27-23-15-21(24-22-13-7-8-14-26(22)23)18-25(16-19-9-3-1-4-10-19)17-20-11-5-2-6-12-20/h1-15H,16-18H2. The van der Waals surface area contributed by atoms with Crippen LogP contribution >= 0.6 is 0 Å². The Labute approximate surface area is 158 Å². The molecule has 0 aliphatic rings. The lowest BCUT2D eigenvalue weighted by molar-refractivity contribution is 0.244. The van der Waals surface area contributed by atoms with Crippen molar-refractivity contribution in [2.45, 2.75) is 19.6 Å². The van der Waals surface area contributed by atoms with Crippen molar-refractivity contribution in [1.29, 1.82) is 0 Å². The van der Waals surface area contributed by atoms with Gasteiger partial charge in [-0.3, -0.25) is 14.1 Å². The highest BCUT2D eigenvalue weighted by atomic mass is 16.1. The highest BCUT2D eigenvalue weighted by Crippen LogP contribution is 2.13. The lowest BCUT2D eigenvalue weighted by atomic mass is 10.1. The fourth-order valence-corrected chi connectivity index (χ4v) is 3.26. The van der Waals surface area contributed by atoms with Crippen LogP contribution in [0.15, 0.2) is 95.9 Å². The zero-order valence-corrected chi connectivity index (χ0v) is 15.0. The van der Waals surface area contributed by atoms with Crippen LogP contribution in [0.1, 0.15) is 16.8 Å². The van der Waals surface area contributed by atoms with Crippen LogP contribution in [0, 0.1) is 0 Å². The molecule has 27 heavy (non-hydrogen) atoms. The van der Waals surface area contributed by atoms with Gasteiger partial charge in [-0.05, 0) is 23.3 Å². The maximum absolute atomic E-state index is 12.4. The van der Waals surface area contributed by atoms with Crippen molar-refractivity contribution < 1.29 is 0 Å². The first-order valence-electron chi connectivity index (χ1n) is 9.05. The molecule has 0 saturated heterocycles. The van der Waals surface area contributed by atoms with Gasteiger partial charge < -0.3 is 0 Å². The van der Waals surface area contributed by atoms with E-state index < -0.39 is 0 Å².